The molecule has 8 nitrogen and oxygen atoms in total. The van der Waals surface area contributed by atoms with E-state index in [-0.39, 0.29) is 41.8 Å². The number of ether oxygens (including phenoxy) is 2. The van der Waals surface area contributed by atoms with Crippen LogP contribution in [0.1, 0.15) is 44.7 Å². The average molecular weight is 575 g/mol. The number of aryl methyl sites for hydroxylation is 2. The first kappa shape index (κ1) is 29.1. The van der Waals surface area contributed by atoms with Gasteiger partial charge in [0.25, 0.3) is 5.91 Å². The Kier molecular flexibility index (Phi) is 9.69. The third-order valence-corrected chi connectivity index (χ3v) is 7.32. The minimum Gasteiger partial charge on any atom is -0.489 e. The molecule has 3 N–H and O–H groups in total. The summed E-state index contributed by atoms with van der Waals surface area (Å²) in [6.45, 7) is 4.27. The molecule has 208 valence electrons. The molecule has 0 radical (unpaired) electrons. The summed E-state index contributed by atoms with van der Waals surface area (Å²) in [5.74, 6) is 0.349. The van der Waals surface area contributed by atoms with Crippen molar-refractivity contribution in [3.8, 4) is 11.6 Å². The average Bonchev–Trinajstić information content (AvgIpc) is 2.91. The number of pyridine rings is 1. The zero-order chi connectivity index (χ0) is 28.1. The van der Waals surface area contributed by atoms with Crippen LogP contribution in [-0.4, -0.2) is 63.1 Å². The number of fused-ring (bicyclic) bond motifs is 1. The van der Waals surface area contributed by atoms with Gasteiger partial charge in [-0.2, -0.15) is 0 Å². The molecule has 0 unspecified atom stereocenters. The van der Waals surface area contributed by atoms with Gasteiger partial charge in [0.05, 0.1) is 35.9 Å². The highest BCUT2D eigenvalue weighted by molar-refractivity contribution is 6.38. The fourth-order valence-electron chi connectivity index (χ4n) is 4.57. The summed E-state index contributed by atoms with van der Waals surface area (Å²) in [7, 11) is 0. The Balaban J connectivity index is 1.55. The Morgan fingerprint density at radius 2 is 1.82 bits per heavy atom. The number of halogens is 2. The van der Waals surface area contributed by atoms with Crippen molar-refractivity contribution in [2.24, 2.45) is 0 Å². The molecule has 0 saturated carbocycles. The van der Waals surface area contributed by atoms with Gasteiger partial charge in [-0.25, -0.2) is 4.98 Å². The molecule has 10 heteroatoms. The van der Waals surface area contributed by atoms with Gasteiger partial charge in [0, 0.05) is 35.3 Å². The van der Waals surface area contributed by atoms with E-state index < -0.39 is 18.8 Å². The predicted molar refractivity (Wildman–Crippen MR) is 149 cm³/mol. The first-order chi connectivity index (χ1) is 18.7. The minimum absolute atomic E-state index is 0.0713. The fraction of sp³-hybridized carbons (Fsp3) is 0.379. The number of carbonyl (C=O) groups excluding carboxylic acids is 1. The maximum atomic E-state index is 13.7. The van der Waals surface area contributed by atoms with Crippen molar-refractivity contribution in [3.63, 3.8) is 0 Å². The molecule has 3 aromatic rings. The number of nitrogens with zero attached hydrogens (tertiary/aromatic N) is 2. The molecule has 0 fully saturated rings. The quantitative estimate of drug-likeness (QED) is 0.313. The van der Waals surface area contributed by atoms with Gasteiger partial charge in [0.15, 0.2) is 0 Å². The van der Waals surface area contributed by atoms with Crippen LogP contribution in [-0.2, 0) is 19.6 Å². The molecule has 2 atom stereocenters. The fourth-order valence-corrected chi connectivity index (χ4v) is 5.16. The standard InChI is InChI=1S/C29H32Cl2N2O6/c1-17-10-18(2)32-28(39-15-19-6-4-3-5-7-19)23(17)13-33-9-8-22-24(30)12-25(27(31)26(22)29(33)37)38-16-21(36)11-20(35)14-34/h3-7,10,12,20-21,34-36H,8-9,11,13-16H2,1-2H3/t20-,21-/m1/s1. The molecule has 4 rings (SSSR count). The first-order valence-electron chi connectivity index (χ1n) is 12.7. The Morgan fingerprint density at radius 3 is 2.54 bits per heavy atom. The van der Waals surface area contributed by atoms with E-state index in [1.165, 1.54) is 6.07 Å². The summed E-state index contributed by atoms with van der Waals surface area (Å²) < 4.78 is 11.8. The summed E-state index contributed by atoms with van der Waals surface area (Å²) in [6, 6.07) is 13.3. The zero-order valence-electron chi connectivity index (χ0n) is 21.9. The smallest absolute Gasteiger partial charge is 0.256 e. The van der Waals surface area contributed by atoms with Crippen LogP contribution in [0.4, 0.5) is 0 Å². The lowest BCUT2D eigenvalue weighted by Crippen LogP contribution is -2.38. The Bertz CT molecular complexity index is 1320. The molecule has 0 saturated heterocycles. The molecule has 1 aliphatic heterocycles. The lowest BCUT2D eigenvalue weighted by atomic mass is 9.97. The zero-order valence-corrected chi connectivity index (χ0v) is 23.4. The van der Waals surface area contributed by atoms with Crippen molar-refractivity contribution in [3.05, 3.63) is 86.0 Å². The highest BCUT2D eigenvalue weighted by Crippen LogP contribution is 2.39. The largest absolute Gasteiger partial charge is 0.489 e. The van der Waals surface area contributed by atoms with E-state index in [2.05, 4.69) is 4.98 Å². The first-order valence-corrected chi connectivity index (χ1v) is 13.5. The summed E-state index contributed by atoms with van der Waals surface area (Å²) >= 11 is 13.1. The summed E-state index contributed by atoms with van der Waals surface area (Å²) in [5, 5.41) is 29.1. The van der Waals surface area contributed by atoms with Crippen molar-refractivity contribution in [2.75, 3.05) is 19.8 Å². The van der Waals surface area contributed by atoms with Crippen LogP contribution in [0.25, 0.3) is 0 Å². The van der Waals surface area contributed by atoms with Crippen LogP contribution in [0.15, 0.2) is 42.5 Å². The number of aliphatic hydroxyl groups excluding tert-OH is 3. The van der Waals surface area contributed by atoms with Crippen molar-refractivity contribution in [2.45, 2.75) is 52.0 Å². The lowest BCUT2D eigenvalue weighted by molar-refractivity contribution is 0.0231. The Labute approximate surface area is 237 Å². The molecule has 1 aromatic heterocycles. The summed E-state index contributed by atoms with van der Waals surface area (Å²) in [6.07, 6.45) is -1.68. The van der Waals surface area contributed by atoms with Crippen molar-refractivity contribution >= 4 is 29.1 Å². The number of rotatable bonds is 11. The topological polar surface area (TPSA) is 112 Å². The van der Waals surface area contributed by atoms with Gasteiger partial charge in [-0.3, -0.25) is 4.79 Å². The van der Waals surface area contributed by atoms with Gasteiger partial charge in [-0.1, -0.05) is 53.5 Å². The van der Waals surface area contributed by atoms with E-state index in [1.54, 1.807) is 4.90 Å². The molecule has 1 aliphatic rings. The SMILES string of the molecule is Cc1cc(C)c(CN2CCc3c(Cl)cc(OC[C@H](O)C[C@@H](O)CO)c(Cl)c3C2=O)c(OCc2ccccc2)n1. The van der Waals surface area contributed by atoms with E-state index in [0.29, 0.717) is 36.0 Å². The van der Waals surface area contributed by atoms with Gasteiger partial charge in [0.2, 0.25) is 5.88 Å². The van der Waals surface area contributed by atoms with Gasteiger partial charge in [0.1, 0.15) is 19.0 Å². The summed E-state index contributed by atoms with van der Waals surface area (Å²) in [5.41, 5.74) is 4.51. The van der Waals surface area contributed by atoms with Crippen LogP contribution in [0.3, 0.4) is 0 Å². The monoisotopic (exact) mass is 574 g/mol. The highest BCUT2D eigenvalue weighted by atomic mass is 35.5. The number of aromatic nitrogens is 1. The van der Waals surface area contributed by atoms with Gasteiger partial charge in [-0.15, -0.1) is 0 Å². The molecular weight excluding hydrogens is 543 g/mol. The van der Waals surface area contributed by atoms with Crippen LogP contribution in [0.5, 0.6) is 11.6 Å². The molecule has 1 amide bonds. The normalized spacial score (nSPS) is 14.6. The second-order valence-corrected chi connectivity index (χ2v) is 10.5. The maximum absolute atomic E-state index is 13.7. The molecular formula is C29H32Cl2N2O6. The molecule has 2 heterocycles. The second-order valence-electron chi connectivity index (χ2n) is 9.68. The van der Waals surface area contributed by atoms with E-state index in [9.17, 15) is 15.0 Å². The van der Waals surface area contributed by atoms with E-state index in [0.717, 1.165) is 22.4 Å². The van der Waals surface area contributed by atoms with Gasteiger partial charge < -0.3 is 29.7 Å². The van der Waals surface area contributed by atoms with Crippen LogP contribution in [0, 0.1) is 13.8 Å². The number of benzene rings is 2. The van der Waals surface area contributed by atoms with Crippen LogP contribution < -0.4 is 9.47 Å². The second kappa shape index (κ2) is 13.0. The van der Waals surface area contributed by atoms with Gasteiger partial charge in [-0.05, 0) is 43.0 Å². The van der Waals surface area contributed by atoms with Crippen molar-refractivity contribution < 1.29 is 29.6 Å². The van der Waals surface area contributed by atoms with Crippen LogP contribution >= 0.6 is 23.2 Å². The molecule has 0 bridgehead atoms. The lowest BCUT2D eigenvalue weighted by Gasteiger charge is -2.31. The number of hydrogen-bond acceptors (Lipinski definition) is 7. The third-order valence-electron chi connectivity index (χ3n) is 6.61. The molecule has 2 aromatic carbocycles. The van der Waals surface area contributed by atoms with Crippen molar-refractivity contribution in [1.82, 2.24) is 9.88 Å². The number of carbonyl (C=O) groups is 1. The minimum atomic E-state index is -1.07. The number of amides is 1. The Hall–Kier alpha value is -2.88. The van der Waals surface area contributed by atoms with Crippen LogP contribution in [0.2, 0.25) is 10.0 Å². The number of hydrogen-bond donors (Lipinski definition) is 3. The molecule has 39 heavy (non-hydrogen) atoms. The Morgan fingerprint density at radius 1 is 1.08 bits per heavy atom. The maximum Gasteiger partial charge on any atom is 0.256 e. The van der Waals surface area contributed by atoms with Gasteiger partial charge >= 0.3 is 0 Å². The van der Waals surface area contributed by atoms with Crippen molar-refractivity contribution in [1.29, 1.82) is 0 Å². The van der Waals surface area contributed by atoms with E-state index >= 15 is 0 Å². The highest BCUT2D eigenvalue weighted by Gasteiger charge is 2.32. The summed E-state index contributed by atoms with van der Waals surface area (Å²) in [4.78, 5) is 20.0. The molecule has 0 aliphatic carbocycles. The van der Waals surface area contributed by atoms with E-state index in [4.69, 9.17) is 37.8 Å². The van der Waals surface area contributed by atoms with E-state index in [1.807, 2.05) is 50.2 Å². The number of aliphatic hydroxyl groups is 3. The predicted octanol–water partition coefficient (Wildman–Crippen LogP) is 4.27. The third kappa shape index (κ3) is 7.01. The molecule has 0 spiro atoms.